The van der Waals surface area contributed by atoms with E-state index >= 15 is 0 Å². The first-order valence-corrected chi connectivity index (χ1v) is 24.6. The second kappa shape index (κ2) is 17.6. The van der Waals surface area contributed by atoms with E-state index in [1.807, 2.05) is 31.5 Å². The molecule has 0 spiro atoms. The van der Waals surface area contributed by atoms with Crippen molar-refractivity contribution in [1.29, 1.82) is 0 Å². The quantitative estimate of drug-likeness (QED) is 0.0808. The van der Waals surface area contributed by atoms with Crippen LogP contribution in [-0.2, 0) is 35.8 Å². The zero-order valence-corrected chi connectivity index (χ0v) is 38.1. The highest BCUT2D eigenvalue weighted by molar-refractivity contribution is 7.93. The molecule has 3 aromatic carbocycles. The summed E-state index contributed by atoms with van der Waals surface area (Å²) in [5.74, 6) is -2.34. The molecular weight excluding hydrogens is 953 g/mol. The first-order chi connectivity index (χ1) is 33.4. The lowest BCUT2D eigenvalue weighted by Gasteiger charge is -2.27. The molecule has 0 saturated heterocycles. The number of sulfonamides is 2. The Balaban J connectivity index is 0.726. The Bertz CT molecular complexity index is 3480. The minimum absolute atomic E-state index is 0.0395. The molecule has 1 aliphatic heterocycles. The number of fused-ring (bicyclic) bond motifs is 2. The van der Waals surface area contributed by atoms with Gasteiger partial charge >= 0.3 is 6.18 Å². The summed E-state index contributed by atoms with van der Waals surface area (Å²) in [5.41, 5.74) is 4.19. The number of nitrogens with one attached hydrogen (secondary N) is 4. The number of allylic oxidation sites excluding steroid dienone is 5. The molecule has 10 rings (SSSR count). The third-order valence-corrected chi connectivity index (χ3v) is 15.0. The average molecular weight is 991 g/mol. The monoisotopic (exact) mass is 990 g/mol. The van der Waals surface area contributed by atoms with Crippen LogP contribution in [0, 0.1) is 17.7 Å². The first kappa shape index (κ1) is 45.9. The van der Waals surface area contributed by atoms with Gasteiger partial charge in [-0.25, -0.2) is 45.6 Å². The van der Waals surface area contributed by atoms with E-state index < -0.39 is 43.5 Å². The SMILES string of the molecule is CC1=CN(c2ccnc(NS(=O)(=O)c3ccc(C4C[C@H]4C(=O)Nc4ccc5cncc(C(F)(F)F)c5c4)cc3)n2)C=C2CC=C(NC(=O)[C@@H]3CC3c3ccc(S(=O)(=O)Nc4ncc(F)cn4)cc3)C=C12. The molecule has 2 unspecified atom stereocenters. The van der Waals surface area contributed by atoms with Gasteiger partial charge in [-0.1, -0.05) is 36.4 Å². The lowest BCUT2D eigenvalue weighted by Crippen LogP contribution is -2.26. The molecule has 70 heavy (non-hydrogen) atoms. The van der Waals surface area contributed by atoms with Gasteiger partial charge in [-0.05, 0) is 120 Å². The van der Waals surface area contributed by atoms with Crippen LogP contribution in [0.15, 0.2) is 161 Å². The van der Waals surface area contributed by atoms with Crippen LogP contribution in [0.2, 0.25) is 0 Å². The van der Waals surface area contributed by atoms with Gasteiger partial charge in [0.15, 0.2) is 5.82 Å². The minimum Gasteiger partial charge on any atom is -0.326 e. The van der Waals surface area contributed by atoms with Gasteiger partial charge in [0.1, 0.15) is 5.82 Å². The molecule has 16 nitrogen and oxygen atoms in total. The fourth-order valence-corrected chi connectivity index (χ4v) is 10.4. The Morgan fingerprint density at radius 2 is 1.34 bits per heavy atom. The number of hydrogen-bond donors (Lipinski definition) is 4. The Kier molecular flexibility index (Phi) is 11.5. The van der Waals surface area contributed by atoms with Gasteiger partial charge in [-0.2, -0.15) is 18.2 Å². The van der Waals surface area contributed by atoms with Crippen molar-refractivity contribution in [2.75, 3.05) is 19.7 Å². The number of hydrogen-bond acceptors (Lipinski definition) is 12. The number of pyridine rings is 1. The van der Waals surface area contributed by atoms with E-state index in [2.05, 4.69) is 45.0 Å². The zero-order chi connectivity index (χ0) is 49.1. The normalized spacial score (nSPS) is 19.7. The Labute approximate surface area is 397 Å². The molecule has 4 atom stereocenters. The fourth-order valence-electron chi connectivity index (χ4n) is 8.53. The Morgan fingerprint density at radius 1 is 0.729 bits per heavy atom. The number of benzene rings is 3. The summed E-state index contributed by atoms with van der Waals surface area (Å²) in [4.78, 5) is 47.6. The van der Waals surface area contributed by atoms with Gasteiger partial charge in [0.25, 0.3) is 20.0 Å². The van der Waals surface area contributed by atoms with Crippen LogP contribution >= 0.6 is 0 Å². The molecule has 2 amide bonds. The van der Waals surface area contributed by atoms with Crippen LogP contribution in [0.1, 0.15) is 54.7 Å². The van der Waals surface area contributed by atoms with Crippen molar-refractivity contribution in [3.63, 3.8) is 0 Å². The van der Waals surface area contributed by atoms with Crippen LogP contribution in [0.25, 0.3) is 10.8 Å². The second-order valence-electron chi connectivity index (χ2n) is 17.1. The summed E-state index contributed by atoms with van der Waals surface area (Å²) in [5, 5.41) is 5.94. The van der Waals surface area contributed by atoms with Crippen molar-refractivity contribution in [1.82, 2.24) is 30.2 Å². The molecule has 4 heterocycles. The van der Waals surface area contributed by atoms with Crippen molar-refractivity contribution in [2.45, 2.75) is 54.0 Å². The van der Waals surface area contributed by atoms with Crippen molar-refractivity contribution >= 4 is 66.0 Å². The molecule has 0 radical (unpaired) electrons. The van der Waals surface area contributed by atoms with E-state index in [1.54, 1.807) is 35.2 Å². The zero-order valence-electron chi connectivity index (χ0n) is 36.5. The van der Waals surface area contributed by atoms with E-state index in [-0.39, 0.29) is 67.7 Å². The maximum Gasteiger partial charge on any atom is 0.418 e. The van der Waals surface area contributed by atoms with Gasteiger partial charge < -0.3 is 15.5 Å². The average Bonchev–Trinajstić information content (AvgIpc) is 4.28. The molecule has 2 fully saturated rings. The number of carbonyl (C=O) groups excluding carboxylic acids is 2. The molecule has 4 aliphatic rings. The van der Waals surface area contributed by atoms with Crippen LogP contribution in [0.3, 0.4) is 0 Å². The fraction of sp³-hybridized carbons (Fsp3) is 0.188. The van der Waals surface area contributed by atoms with E-state index in [4.69, 9.17) is 0 Å². The summed E-state index contributed by atoms with van der Waals surface area (Å²) < 4.78 is 111. The van der Waals surface area contributed by atoms with Crippen LogP contribution in [0.4, 0.5) is 41.0 Å². The van der Waals surface area contributed by atoms with Gasteiger partial charge in [0.2, 0.25) is 23.7 Å². The highest BCUT2D eigenvalue weighted by Gasteiger charge is 2.45. The Morgan fingerprint density at radius 3 is 1.97 bits per heavy atom. The van der Waals surface area contributed by atoms with Crippen LogP contribution in [0.5, 0.6) is 0 Å². The van der Waals surface area contributed by atoms with Gasteiger partial charge in [0, 0.05) is 59.6 Å². The Hall–Kier alpha value is -7.85. The van der Waals surface area contributed by atoms with E-state index in [0.29, 0.717) is 30.8 Å². The highest BCUT2D eigenvalue weighted by atomic mass is 32.2. The van der Waals surface area contributed by atoms with Crippen molar-refractivity contribution in [2.24, 2.45) is 11.8 Å². The third-order valence-electron chi connectivity index (χ3n) is 12.3. The number of anilines is 4. The predicted octanol–water partition coefficient (Wildman–Crippen LogP) is 8.06. The second-order valence-corrected chi connectivity index (χ2v) is 20.5. The standard InChI is InChI=1S/C48H38F4N10O6S2/c1-26-24-62(25-30-3-9-32(16-36(26)30)57-44(63)40-18-37(40)27-4-10-34(11-5-27)69(65,66)60-46-55-21-31(49)22-56-46)43-14-15-54-47(59-43)61-70(67,68)35-12-6-28(7-13-35)38-19-41(38)45(64)58-33-8-2-29-20-53-23-42(39(29)17-33)48(50,51)52/h2,4-17,20-25,37-38,40-41H,3,18-19H2,1H3,(H,57,63)(H,58,64)(H,54,59,61)(H,55,56,60)/t37?,38?,40-,41-/m1/s1. The molecular formula is C48H38F4N10O6S2. The number of carbonyl (C=O) groups is 2. The van der Waals surface area contributed by atoms with E-state index in [1.165, 1.54) is 54.9 Å². The maximum absolute atomic E-state index is 13.6. The molecule has 2 saturated carbocycles. The number of halogens is 4. The lowest BCUT2D eigenvalue weighted by atomic mass is 9.90. The van der Waals surface area contributed by atoms with Gasteiger partial charge in [0.05, 0.1) is 27.7 Å². The number of amides is 2. The molecule has 6 aromatic rings. The number of aromatic nitrogens is 5. The van der Waals surface area contributed by atoms with Crippen molar-refractivity contribution < 1.29 is 44.0 Å². The predicted molar refractivity (Wildman–Crippen MR) is 249 cm³/mol. The lowest BCUT2D eigenvalue weighted by molar-refractivity contribution is -0.136. The molecule has 3 aliphatic carbocycles. The number of nitrogens with zero attached hydrogens (tertiary/aromatic N) is 6. The topological polar surface area (TPSA) is 218 Å². The summed E-state index contributed by atoms with van der Waals surface area (Å²) in [7, 11) is -8.17. The largest absolute Gasteiger partial charge is 0.418 e. The van der Waals surface area contributed by atoms with Crippen molar-refractivity contribution in [3.05, 3.63) is 173 Å². The molecule has 22 heteroatoms. The smallest absolute Gasteiger partial charge is 0.326 e. The van der Waals surface area contributed by atoms with Gasteiger partial charge in [-0.15, -0.1) is 0 Å². The summed E-state index contributed by atoms with van der Waals surface area (Å²) in [6.07, 6.45) is 9.60. The summed E-state index contributed by atoms with van der Waals surface area (Å²) in [6, 6.07) is 18.1. The molecule has 356 valence electrons. The third kappa shape index (κ3) is 9.59. The maximum atomic E-state index is 13.6. The van der Waals surface area contributed by atoms with Crippen LogP contribution in [-0.4, -0.2) is 53.6 Å². The number of alkyl halides is 3. The first-order valence-electron chi connectivity index (χ1n) is 21.6. The molecule has 4 N–H and O–H groups in total. The summed E-state index contributed by atoms with van der Waals surface area (Å²) >= 11 is 0. The molecule has 3 aromatic heterocycles. The van der Waals surface area contributed by atoms with E-state index in [0.717, 1.165) is 46.4 Å². The highest BCUT2D eigenvalue weighted by Crippen LogP contribution is 2.49. The summed E-state index contributed by atoms with van der Waals surface area (Å²) in [6.45, 7) is 1.91. The number of rotatable bonds is 13. The van der Waals surface area contributed by atoms with Crippen LogP contribution < -0.4 is 25.0 Å². The minimum atomic E-state index is -4.62. The van der Waals surface area contributed by atoms with Gasteiger partial charge in [-0.3, -0.25) is 14.6 Å². The van der Waals surface area contributed by atoms with Crippen molar-refractivity contribution in [3.8, 4) is 0 Å². The van der Waals surface area contributed by atoms with E-state index in [9.17, 15) is 44.0 Å². The molecule has 0 bridgehead atoms.